The lowest BCUT2D eigenvalue weighted by atomic mass is 10.2. The first-order valence-electron chi connectivity index (χ1n) is 8.00. The monoisotopic (exact) mass is 463 g/mol. The van der Waals surface area contributed by atoms with Gasteiger partial charge in [-0.2, -0.15) is 0 Å². The highest BCUT2D eigenvalue weighted by molar-refractivity contribution is 9.10. The summed E-state index contributed by atoms with van der Waals surface area (Å²) in [6, 6.07) is 12.1. The minimum Gasteiger partial charge on any atom is -0.496 e. The summed E-state index contributed by atoms with van der Waals surface area (Å²) >= 11 is 8.31. The highest BCUT2D eigenvalue weighted by Gasteiger charge is 2.09. The number of rotatable bonds is 5. The molecule has 0 heterocycles. The maximum atomic E-state index is 12.1. The molecule has 0 aliphatic carbocycles. The van der Waals surface area contributed by atoms with Crippen molar-refractivity contribution in [3.63, 3.8) is 0 Å². The fourth-order valence-corrected chi connectivity index (χ4v) is 2.84. The predicted octanol–water partition coefficient (Wildman–Crippen LogP) is 2.82. The predicted molar refractivity (Wildman–Crippen MR) is 114 cm³/mol. The Bertz CT molecular complexity index is 918. The molecule has 2 aromatic carbocycles. The molecule has 146 valence electrons. The summed E-state index contributed by atoms with van der Waals surface area (Å²) < 4.78 is 11.0. The molecule has 7 nitrogen and oxygen atoms in total. The van der Waals surface area contributed by atoms with E-state index in [-0.39, 0.29) is 5.11 Å². The number of carbonyl (C=O) groups is 2. The minimum absolute atomic E-state index is 0.0457. The van der Waals surface area contributed by atoms with Crippen LogP contribution < -0.4 is 25.6 Å². The summed E-state index contributed by atoms with van der Waals surface area (Å²) in [5.74, 6) is 0.369. The summed E-state index contributed by atoms with van der Waals surface area (Å²) in [6.07, 6.45) is 2.92. The van der Waals surface area contributed by atoms with Gasteiger partial charge in [0.25, 0.3) is 5.91 Å². The van der Waals surface area contributed by atoms with Gasteiger partial charge in [0.05, 0.1) is 18.7 Å². The molecule has 28 heavy (non-hydrogen) atoms. The molecule has 0 unspecified atom stereocenters. The van der Waals surface area contributed by atoms with Gasteiger partial charge in [-0.1, -0.05) is 18.2 Å². The largest absolute Gasteiger partial charge is 0.496 e. The zero-order valence-electron chi connectivity index (χ0n) is 15.1. The van der Waals surface area contributed by atoms with Gasteiger partial charge in [-0.05, 0) is 58.5 Å². The van der Waals surface area contributed by atoms with E-state index in [4.69, 9.17) is 21.7 Å². The van der Waals surface area contributed by atoms with E-state index in [1.54, 1.807) is 37.5 Å². The molecule has 0 aliphatic rings. The number of para-hydroxylation sites is 1. The molecule has 2 aromatic rings. The molecule has 3 N–H and O–H groups in total. The Hall–Kier alpha value is -2.91. The molecular formula is C19H18BrN3O4S. The summed E-state index contributed by atoms with van der Waals surface area (Å²) in [4.78, 5) is 24.1. The molecule has 0 aromatic heterocycles. The molecule has 0 atom stereocenters. The third-order valence-electron chi connectivity index (χ3n) is 3.49. The fourth-order valence-electron chi connectivity index (χ4n) is 2.15. The third kappa shape index (κ3) is 6.07. The number of thiocarbonyl (C=S) groups is 1. The normalized spacial score (nSPS) is 10.2. The summed E-state index contributed by atoms with van der Waals surface area (Å²) in [7, 11) is 3.08. The Balaban J connectivity index is 1.86. The van der Waals surface area contributed by atoms with Gasteiger partial charge >= 0.3 is 0 Å². The van der Waals surface area contributed by atoms with Crippen molar-refractivity contribution in [2.75, 3.05) is 14.2 Å². The first kappa shape index (κ1) is 21.4. The maximum absolute atomic E-state index is 12.1. The zero-order valence-corrected chi connectivity index (χ0v) is 17.5. The molecule has 0 aliphatic heterocycles. The summed E-state index contributed by atoms with van der Waals surface area (Å²) in [5.41, 5.74) is 6.01. The highest BCUT2D eigenvalue weighted by Crippen LogP contribution is 2.25. The topological polar surface area (TPSA) is 88.7 Å². The second-order valence-corrected chi connectivity index (χ2v) is 6.58. The van der Waals surface area contributed by atoms with Gasteiger partial charge in [-0.25, -0.2) is 0 Å². The molecule has 2 rings (SSSR count). The van der Waals surface area contributed by atoms with Crippen molar-refractivity contribution in [1.82, 2.24) is 16.2 Å². The number of nitrogens with one attached hydrogen (secondary N) is 3. The van der Waals surface area contributed by atoms with Crippen LogP contribution in [0, 0.1) is 0 Å². The number of methoxy groups -OCH3 is 2. The lowest BCUT2D eigenvalue weighted by Gasteiger charge is -2.10. The molecule has 9 heteroatoms. The summed E-state index contributed by atoms with van der Waals surface area (Å²) in [5, 5.41) is 2.39. The van der Waals surface area contributed by atoms with Crippen molar-refractivity contribution in [2.24, 2.45) is 0 Å². The van der Waals surface area contributed by atoms with Crippen LogP contribution in [0.4, 0.5) is 0 Å². The lowest BCUT2D eigenvalue weighted by Crippen LogP contribution is -2.48. The Kier molecular flexibility index (Phi) is 7.97. The standard InChI is InChI=1S/C19H18BrN3O4S/c1-26-15-6-4-3-5-12(15)8-10-17(24)21-19(28)23-22-18(25)13-7-9-16(27-2)14(20)11-13/h3-11H,1-2H3,(H,22,25)(H2,21,23,24,28)/b10-8+. The van der Waals surface area contributed by atoms with E-state index in [1.807, 2.05) is 18.2 Å². The molecule has 0 saturated carbocycles. The number of carbonyl (C=O) groups excluding carboxylic acids is 2. The van der Waals surface area contributed by atoms with E-state index >= 15 is 0 Å². The van der Waals surface area contributed by atoms with Crippen LogP contribution in [0.3, 0.4) is 0 Å². The SMILES string of the molecule is COc1ccc(C(=O)NNC(=S)NC(=O)/C=C/c2ccccc2OC)cc1Br. The number of amides is 2. The van der Waals surface area contributed by atoms with Gasteiger partial charge in [-0.3, -0.25) is 25.8 Å². The molecule has 0 saturated heterocycles. The van der Waals surface area contributed by atoms with Crippen LogP contribution in [0.15, 0.2) is 53.0 Å². The zero-order chi connectivity index (χ0) is 20.5. The van der Waals surface area contributed by atoms with Crippen molar-refractivity contribution < 1.29 is 19.1 Å². The first-order valence-corrected chi connectivity index (χ1v) is 9.20. The van der Waals surface area contributed by atoms with E-state index in [1.165, 1.54) is 13.2 Å². The molecule has 0 bridgehead atoms. The number of hydrogen-bond donors (Lipinski definition) is 3. The van der Waals surface area contributed by atoms with Crippen LogP contribution >= 0.6 is 28.1 Å². The Labute approximate surface area is 176 Å². The van der Waals surface area contributed by atoms with Gasteiger partial charge in [0.15, 0.2) is 5.11 Å². The molecule has 0 spiro atoms. The van der Waals surface area contributed by atoms with Crippen LogP contribution in [0.25, 0.3) is 6.08 Å². The smallest absolute Gasteiger partial charge is 0.269 e. The van der Waals surface area contributed by atoms with Crippen molar-refractivity contribution in [2.45, 2.75) is 0 Å². The van der Waals surface area contributed by atoms with Crippen LogP contribution in [0.1, 0.15) is 15.9 Å². The van der Waals surface area contributed by atoms with Crippen molar-refractivity contribution in [3.05, 3.63) is 64.1 Å². The van der Waals surface area contributed by atoms with E-state index in [0.29, 0.717) is 21.5 Å². The molecule has 0 fully saturated rings. The van der Waals surface area contributed by atoms with E-state index in [2.05, 4.69) is 32.1 Å². The second-order valence-electron chi connectivity index (χ2n) is 5.32. The van der Waals surface area contributed by atoms with Gasteiger partial charge in [-0.15, -0.1) is 0 Å². The second kappa shape index (κ2) is 10.4. The Morgan fingerprint density at radius 1 is 1.04 bits per heavy atom. The van der Waals surface area contributed by atoms with Gasteiger partial charge in [0.2, 0.25) is 5.91 Å². The molecule has 2 amide bonds. The van der Waals surface area contributed by atoms with E-state index in [9.17, 15) is 9.59 Å². The number of ether oxygens (including phenoxy) is 2. The quantitative estimate of drug-likeness (QED) is 0.359. The van der Waals surface area contributed by atoms with Crippen molar-refractivity contribution in [1.29, 1.82) is 0 Å². The Morgan fingerprint density at radius 2 is 1.75 bits per heavy atom. The van der Waals surface area contributed by atoms with E-state index < -0.39 is 11.8 Å². The van der Waals surface area contributed by atoms with Gasteiger partial charge < -0.3 is 9.47 Å². The number of halogens is 1. The lowest BCUT2D eigenvalue weighted by molar-refractivity contribution is -0.115. The average molecular weight is 464 g/mol. The number of hydrazine groups is 1. The Morgan fingerprint density at radius 3 is 2.43 bits per heavy atom. The number of benzene rings is 2. The average Bonchev–Trinajstić information content (AvgIpc) is 2.70. The van der Waals surface area contributed by atoms with Gasteiger partial charge in [0, 0.05) is 17.2 Å². The minimum atomic E-state index is -0.454. The van der Waals surface area contributed by atoms with Gasteiger partial charge in [0.1, 0.15) is 11.5 Å². The molecule has 0 radical (unpaired) electrons. The van der Waals surface area contributed by atoms with Crippen molar-refractivity contribution in [3.8, 4) is 11.5 Å². The van der Waals surface area contributed by atoms with Crippen LogP contribution in [0.2, 0.25) is 0 Å². The number of hydrogen-bond acceptors (Lipinski definition) is 5. The van der Waals surface area contributed by atoms with E-state index in [0.717, 1.165) is 5.56 Å². The first-order chi connectivity index (χ1) is 13.4. The van der Waals surface area contributed by atoms with Crippen LogP contribution in [-0.4, -0.2) is 31.1 Å². The van der Waals surface area contributed by atoms with Crippen molar-refractivity contribution >= 4 is 51.2 Å². The fraction of sp³-hybridized carbons (Fsp3) is 0.105. The summed E-state index contributed by atoms with van der Waals surface area (Å²) in [6.45, 7) is 0. The van der Waals surface area contributed by atoms with Crippen LogP contribution in [-0.2, 0) is 4.79 Å². The third-order valence-corrected chi connectivity index (χ3v) is 4.32. The highest BCUT2D eigenvalue weighted by atomic mass is 79.9. The van der Waals surface area contributed by atoms with Crippen LogP contribution in [0.5, 0.6) is 11.5 Å². The maximum Gasteiger partial charge on any atom is 0.269 e. The molecular weight excluding hydrogens is 446 g/mol.